The fourth-order valence-electron chi connectivity index (χ4n) is 3.13. The molecule has 3 rings (SSSR count). The number of aryl methyl sites for hydroxylation is 1. The zero-order chi connectivity index (χ0) is 17.8. The summed E-state index contributed by atoms with van der Waals surface area (Å²) in [4.78, 5) is 24.8. The van der Waals surface area contributed by atoms with Gasteiger partial charge in [0.2, 0.25) is 5.95 Å². The van der Waals surface area contributed by atoms with Crippen LogP contribution in [-0.2, 0) is 11.3 Å². The molecule has 1 fully saturated rings. The van der Waals surface area contributed by atoms with Gasteiger partial charge in [0.25, 0.3) is 0 Å². The second-order valence-corrected chi connectivity index (χ2v) is 6.06. The highest BCUT2D eigenvalue weighted by Gasteiger charge is 2.19. The third kappa shape index (κ3) is 3.74. The number of aromatic nitrogens is 3. The third-order valence-electron chi connectivity index (χ3n) is 4.58. The number of nitrogens with zero attached hydrogens (tertiary/aromatic N) is 5. The molecule has 8 heteroatoms. The molecule has 1 aliphatic rings. The molecule has 0 saturated carbocycles. The summed E-state index contributed by atoms with van der Waals surface area (Å²) in [6.07, 6.45) is 1.40. The van der Waals surface area contributed by atoms with E-state index in [-0.39, 0.29) is 5.56 Å². The van der Waals surface area contributed by atoms with Gasteiger partial charge in [0.1, 0.15) is 5.52 Å². The van der Waals surface area contributed by atoms with Crippen LogP contribution in [0.5, 0.6) is 0 Å². The van der Waals surface area contributed by atoms with Crippen molar-refractivity contribution in [3.05, 3.63) is 17.8 Å². The van der Waals surface area contributed by atoms with Gasteiger partial charge in [0.15, 0.2) is 5.65 Å². The first-order chi connectivity index (χ1) is 12.1. The second-order valence-electron chi connectivity index (χ2n) is 6.06. The molecule has 2 aromatic rings. The zero-order valence-corrected chi connectivity index (χ0v) is 14.8. The molecule has 8 nitrogen and oxygen atoms in total. The lowest BCUT2D eigenvalue weighted by molar-refractivity contribution is 0.0391. The average molecular weight is 347 g/mol. The average Bonchev–Trinajstić information content (AvgIpc) is 3.00. The number of likely N-dealkylation sites (N-methyl/N-ethyl adjacent to an activating group) is 1. The van der Waals surface area contributed by atoms with E-state index < -0.39 is 5.97 Å². The Morgan fingerprint density at radius 3 is 2.76 bits per heavy atom. The standard InChI is InChI=1S/C17H25N5O3/c1-3-21(6-5-20-7-9-25-10-8-20)17-19-14-11-13(16(23)24)12-18-15(14)22(17)4-2/h11-12H,3-10H2,1-2H3,(H,23,24). The second kappa shape index (κ2) is 7.79. The number of carboxylic acid groups (broad SMARTS) is 1. The van der Waals surface area contributed by atoms with E-state index in [0.717, 1.165) is 64.1 Å². The predicted octanol–water partition coefficient (Wildman–Crippen LogP) is 1.31. The first-order valence-corrected chi connectivity index (χ1v) is 8.78. The quantitative estimate of drug-likeness (QED) is 0.808. The first-order valence-electron chi connectivity index (χ1n) is 8.78. The molecule has 25 heavy (non-hydrogen) atoms. The maximum atomic E-state index is 11.2. The highest BCUT2D eigenvalue weighted by molar-refractivity contribution is 5.91. The fraction of sp³-hybridized carbons (Fsp3) is 0.588. The molecule has 0 radical (unpaired) electrons. The topological polar surface area (TPSA) is 83.7 Å². The molecule has 1 aliphatic heterocycles. The molecule has 1 N–H and O–H groups in total. The van der Waals surface area contributed by atoms with E-state index in [1.54, 1.807) is 6.07 Å². The van der Waals surface area contributed by atoms with Crippen LogP contribution in [0, 0.1) is 0 Å². The molecular weight excluding hydrogens is 322 g/mol. The van der Waals surface area contributed by atoms with Crippen LogP contribution in [0.1, 0.15) is 24.2 Å². The minimum absolute atomic E-state index is 0.163. The van der Waals surface area contributed by atoms with Crippen molar-refractivity contribution in [1.82, 2.24) is 19.4 Å². The number of carboxylic acids is 1. The summed E-state index contributed by atoms with van der Waals surface area (Å²) < 4.78 is 7.44. The molecule has 0 bridgehead atoms. The lowest BCUT2D eigenvalue weighted by Gasteiger charge is -2.30. The fourth-order valence-corrected chi connectivity index (χ4v) is 3.13. The normalized spacial score (nSPS) is 15.6. The summed E-state index contributed by atoms with van der Waals surface area (Å²) in [6, 6.07) is 1.59. The van der Waals surface area contributed by atoms with Gasteiger partial charge in [-0.25, -0.2) is 14.8 Å². The molecule has 0 atom stereocenters. The van der Waals surface area contributed by atoms with Crippen LogP contribution in [0.3, 0.4) is 0 Å². The summed E-state index contributed by atoms with van der Waals surface area (Å²) in [5, 5.41) is 9.16. The van der Waals surface area contributed by atoms with Crippen LogP contribution in [0.15, 0.2) is 12.3 Å². The number of hydrogen-bond acceptors (Lipinski definition) is 6. The Kier molecular flexibility index (Phi) is 5.50. The van der Waals surface area contributed by atoms with Gasteiger partial charge in [-0.05, 0) is 19.9 Å². The minimum atomic E-state index is -0.985. The van der Waals surface area contributed by atoms with Crippen molar-refractivity contribution in [3.63, 3.8) is 0 Å². The van der Waals surface area contributed by atoms with Crippen LogP contribution < -0.4 is 4.90 Å². The number of imidazole rings is 1. The summed E-state index contributed by atoms with van der Waals surface area (Å²) in [6.45, 7) is 11.1. The summed E-state index contributed by atoms with van der Waals surface area (Å²) in [5.41, 5.74) is 1.52. The molecule has 0 unspecified atom stereocenters. The number of pyridine rings is 1. The van der Waals surface area contributed by atoms with Crippen molar-refractivity contribution < 1.29 is 14.6 Å². The van der Waals surface area contributed by atoms with Crippen LogP contribution in [0.2, 0.25) is 0 Å². The number of rotatable bonds is 7. The number of fused-ring (bicyclic) bond motifs is 1. The molecule has 0 amide bonds. The van der Waals surface area contributed by atoms with Gasteiger partial charge < -0.3 is 14.7 Å². The monoisotopic (exact) mass is 347 g/mol. The maximum absolute atomic E-state index is 11.2. The largest absolute Gasteiger partial charge is 0.478 e. The minimum Gasteiger partial charge on any atom is -0.478 e. The van der Waals surface area contributed by atoms with E-state index in [9.17, 15) is 4.79 Å². The van der Waals surface area contributed by atoms with Crippen LogP contribution in [-0.4, -0.2) is 76.4 Å². The van der Waals surface area contributed by atoms with Gasteiger partial charge >= 0.3 is 5.97 Å². The van der Waals surface area contributed by atoms with Gasteiger partial charge in [-0.2, -0.15) is 0 Å². The Balaban J connectivity index is 1.84. The smallest absolute Gasteiger partial charge is 0.337 e. The Morgan fingerprint density at radius 1 is 1.36 bits per heavy atom. The molecule has 0 spiro atoms. The molecule has 2 aromatic heterocycles. The Hall–Kier alpha value is -2.19. The van der Waals surface area contributed by atoms with Gasteiger partial charge in [-0.3, -0.25) is 9.47 Å². The van der Waals surface area contributed by atoms with Gasteiger partial charge in [-0.15, -0.1) is 0 Å². The number of morpholine rings is 1. The van der Waals surface area contributed by atoms with Gasteiger partial charge in [-0.1, -0.05) is 0 Å². The van der Waals surface area contributed by atoms with Crippen molar-refractivity contribution >= 4 is 23.1 Å². The van der Waals surface area contributed by atoms with Crippen LogP contribution >= 0.6 is 0 Å². The number of aromatic carboxylic acids is 1. The molecular formula is C17H25N5O3. The van der Waals surface area contributed by atoms with Gasteiger partial charge in [0.05, 0.1) is 18.8 Å². The molecule has 1 saturated heterocycles. The number of anilines is 1. The highest BCUT2D eigenvalue weighted by atomic mass is 16.5. The first kappa shape index (κ1) is 17.6. The van der Waals surface area contributed by atoms with Crippen molar-refractivity contribution in [2.75, 3.05) is 50.8 Å². The zero-order valence-electron chi connectivity index (χ0n) is 14.8. The van der Waals surface area contributed by atoms with Crippen LogP contribution in [0.25, 0.3) is 11.2 Å². The Bertz CT molecular complexity index is 739. The van der Waals surface area contributed by atoms with Gasteiger partial charge in [0, 0.05) is 45.5 Å². The molecule has 3 heterocycles. The molecule has 136 valence electrons. The number of hydrogen-bond donors (Lipinski definition) is 1. The lowest BCUT2D eigenvalue weighted by atomic mass is 10.3. The van der Waals surface area contributed by atoms with Crippen molar-refractivity contribution in [2.45, 2.75) is 20.4 Å². The Morgan fingerprint density at radius 2 is 2.12 bits per heavy atom. The predicted molar refractivity (Wildman–Crippen MR) is 95.3 cm³/mol. The molecule has 0 aromatic carbocycles. The Labute approximate surface area is 147 Å². The third-order valence-corrected chi connectivity index (χ3v) is 4.58. The summed E-state index contributed by atoms with van der Waals surface area (Å²) >= 11 is 0. The SMILES string of the molecule is CCN(CCN1CCOCC1)c1nc2cc(C(=O)O)cnc2n1CC. The highest BCUT2D eigenvalue weighted by Crippen LogP contribution is 2.22. The van der Waals surface area contributed by atoms with E-state index in [1.807, 2.05) is 11.5 Å². The molecule has 0 aliphatic carbocycles. The van der Waals surface area contributed by atoms with E-state index in [0.29, 0.717) is 5.52 Å². The summed E-state index contributed by atoms with van der Waals surface area (Å²) in [7, 11) is 0. The number of ether oxygens (including phenoxy) is 1. The van der Waals surface area contributed by atoms with Crippen LogP contribution in [0.4, 0.5) is 5.95 Å². The van der Waals surface area contributed by atoms with Crippen molar-refractivity contribution in [2.24, 2.45) is 0 Å². The summed E-state index contributed by atoms with van der Waals surface area (Å²) in [5.74, 6) is -0.134. The van der Waals surface area contributed by atoms with Crippen molar-refractivity contribution in [1.29, 1.82) is 0 Å². The maximum Gasteiger partial charge on any atom is 0.337 e. The van der Waals surface area contributed by atoms with E-state index in [1.165, 1.54) is 6.20 Å². The van der Waals surface area contributed by atoms with Crippen molar-refractivity contribution in [3.8, 4) is 0 Å². The van der Waals surface area contributed by atoms with E-state index >= 15 is 0 Å². The van der Waals surface area contributed by atoms with E-state index in [4.69, 9.17) is 9.84 Å². The lowest BCUT2D eigenvalue weighted by Crippen LogP contribution is -2.42. The van der Waals surface area contributed by atoms with E-state index in [2.05, 4.69) is 26.7 Å². The number of carbonyl (C=O) groups is 1.